The van der Waals surface area contributed by atoms with Crippen LogP contribution in [-0.4, -0.2) is 44.7 Å². The second kappa shape index (κ2) is 13.3. The molecule has 0 aliphatic carbocycles. The van der Waals surface area contributed by atoms with Gasteiger partial charge in [0.25, 0.3) is 0 Å². The fourth-order valence-electron chi connectivity index (χ4n) is 2.94. The summed E-state index contributed by atoms with van der Waals surface area (Å²) in [6.07, 6.45) is 1.62. The summed E-state index contributed by atoms with van der Waals surface area (Å²) in [7, 11) is 0. The minimum absolute atomic E-state index is 0. The van der Waals surface area contributed by atoms with Crippen molar-refractivity contribution in [2.24, 2.45) is 4.99 Å². The van der Waals surface area contributed by atoms with Crippen molar-refractivity contribution in [1.29, 1.82) is 0 Å². The third kappa shape index (κ3) is 8.45. The van der Waals surface area contributed by atoms with E-state index in [4.69, 9.17) is 21.1 Å². The number of aliphatic imine (C=N–C) groups is 1. The Morgan fingerprint density at radius 3 is 2.68 bits per heavy atom. The lowest BCUT2D eigenvalue weighted by atomic mass is 10.1. The summed E-state index contributed by atoms with van der Waals surface area (Å²) >= 11 is 6.05. The number of rotatable bonds is 7. The van der Waals surface area contributed by atoms with Crippen molar-refractivity contribution >= 4 is 53.1 Å². The smallest absolute Gasteiger partial charge is 0.241 e. The van der Waals surface area contributed by atoms with E-state index in [1.165, 1.54) is 0 Å². The number of carbonyl (C=O) groups excluding carboxylic acids is 1. The van der Waals surface area contributed by atoms with Crippen molar-refractivity contribution in [2.75, 3.05) is 38.2 Å². The molecule has 3 rings (SSSR count). The van der Waals surface area contributed by atoms with E-state index in [2.05, 4.69) is 20.9 Å². The fraction of sp³-hybridized carbons (Fsp3) is 0.364. The summed E-state index contributed by atoms with van der Waals surface area (Å²) in [6, 6.07) is 13.4. The molecule has 0 saturated carbocycles. The predicted octanol–water partition coefficient (Wildman–Crippen LogP) is 3.86. The Bertz CT molecular complexity index is 895. The lowest BCUT2D eigenvalue weighted by Crippen LogP contribution is -2.34. The van der Waals surface area contributed by atoms with Crippen molar-refractivity contribution in [2.45, 2.75) is 19.8 Å². The number of benzene rings is 2. The van der Waals surface area contributed by atoms with E-state index in [0.717, 1.165) is 29.8 Å². The SMILES string of the molecule is CCNC(=O)CN=C(NCCc1cccc(Cl)c1)Nc1ccc2c(c1)OCCCO2.I. The number of likely N-dealkylation sites (N-methyl/N-ethyl adjacent to an activating group) is 1. The molecule has 0 fully saturated rings. The van der Waals surface area contributed by atoms with Crippen molar-refractivity contribution in [3.05, 3.63) is 53.1 Å². The number of hydrogen-bond acceptors (Lipinski definition) is 4. The molecular weight excluding hydrogens is 531 g/mol. The molecule has 2 aromatic rings. The quantitative estimate of drug-likeness (QED) is 0.273. The second-order valence-electron chi connectivity index (χ2n) is 6.76. The minimum atomic E-state index is -0.132. The zero-order valence-electron chi connectivity index (χ0n) is 17.4. The van der Waals surface area contributed by atoms with Crippen LogP contribution in [0.5, 0.6) is 11.5 Å². The van der Waals surface area contributed by atoms with Crippen LogP contribution in [0.4, 0.5) is 5.69 Å². The highest BCUT2D eigenvalue weighted by Crippen LogP contribution is 2.32. The van der Waals surface area contributed by atoms with Gasteiger partial charge >= 0.3 is 0 Å². The Morgan fingerprint density at radius 1 is 1.10 bits per heavy atom. The number of ether oxygens (including phenoxy) is 2. The first-order valence-electron chi connectivity index (χ1n) is 10.1. The first kappa shape index (κ1) is 25.1. The number of carbonyl (C=O) groups is 1. The van der Waals surface area contributed by atoms with Gasteiger partial charge in [-0.25, -0.2) is 4.99 Å². The van der Waals surface area contributed by atoms with E-state index in [0.29, 0.717) is 43.0 Å². The molecule has 0 bridgehead atoms. The summed E-state index contributed by atoms with van der Waals surface area (Å²) in [5.41, 5.74) is 1.91. The Kier molecular flexibility index (Phi) is 10.7. The topological polar surface area (TPSA) is 84.0 Å². The van der Waals surface area contributed by atoms with Crippen molar-refractivity contribution in [3.8, 4) is 11.5 Å². The number of halogens is 2. The first-order chi connectivity index (χ1) is 14.6. The Hall–Kier alpha value is -2.20. The number of hydrogen-bond donors (Lipinski definition) is 3. The number of fused-ring (bicyclic) bond motifs is 1. The summed E-state index contributed by atoms with van der Waals surface area (Å²) in [5, 5.41) is 9.97. The lowest BCUT2D eigenvalue weighted by molar-refractivity contribution is -0.119. The molecule has 7 nitrogen and oxygen atoms in total. The third-order valence-electron chi connectivity index (χ3n) is 4.36. The largest absolute Gasteiger partial charge is 0.490 e. The lowest BCUT2D eigenvalue weighted by Gasteiger charge is -2.15. The monoisotopic (exact) mass is 558 g/mol. The third-order valence-corrected chi connectivity index (χ3v) is 4.60. The number of nitrogens with one attached hydrogen (secondary N) is 3. The molecule has 168 valence electrons. The molecule has 0 spiro atoms. The zero-order valence-corrected chi connectivity index (χ0v) is 20.5. The molecule has 9 heteroatoms. The van der Waals surface area contributed by atoms with Crippen LogP contribution in [-0.2, 0) is 11.2 Å². The van der Waals surface area contributed by atoms with Crippen LogP contribution in [0, 0.1) is 0 Å². The van der Waals surface area contributed by atoms with Crippen LogP contribution >= 0.6 is 35.6 Å². The van der Waals surface area contributed by atoms with E-state index in [1.54, 1.807) is 0 Å². The Morgan fingerprint density at radius 2 is 1.90 bits per heavy atom. The molecule has 0 unspecified atom stereocenters. The molecule has 1 aliphatic heterocycles. The fourth-order valence-corrected chi connectivity index (χ4v) is 3.15. The van der Waals surface area contributed by atoms with Crippen LogP contribution in [0.3, 0.4) is 0 Å². The first-order valence-corrected chi connectivity index (χ1v) is 10.5. The van der Waals surface area contributed by atoms with Crippen molar-refractivity contribution in [1.82, 2.24) is 10.6 Å². The maximum absolute atomic E-state index is 11.8. The van der Waals surface area contributed by atoms with Crippen LogP contribution in [0.25, 0.3) is 0 Å². The number of nitrogens with zero attached hydrogens (tertiary/aromatic N) is 1. The molecule has 0 aromatic heterocycles. The maximum atomic E-state index is 11.8. The van der Waals surface area contributed by atoms with Crippen LogP contribution in [0.1, 0.15) is 18.9 Å². The molecule has 1 heterocycles. The molecule has 3 N–H and O–H groups in total. The van der Waals surface area contributed by atoms with Crippen molar-refractivity contribution in [3.63, 3.8) is 0 Å². The summed E-state index contributed by atoms with van der Waals surface area (Å²) in [6.45, 7) is 4.37. The standard InChI is InChI=1S/C22H27ClN4O3.HI/c1-2-24-21(28)15-26-22(25-10-9-16-5-3-6-17(23)13-16)27-18-7-8-19-20(14-18)30-12-4-11-29-19;/h3,5-8,13-14H,2,4,9-12,15H2,1H3,(H,24,28)(H2,25,26,27);1H. The minimum Gasteiger partial charge on any atom is -0.490 e. The van der Waals surface area contributed by atoms with Crippen molar-refractivity contribution < 1.29 is 14.3 Å². The number of guanidine groups is 1. The van der Waals surface area contributed by atoms with Gasteiger partial charge in [0, 0.05) is 36.3 Å². The predicted molar refractivity (Wildman–Crippen MR) is 135 cm³/mol. The van der Waals surface area contributed by atoms with Gasteiger partial charge in [0.15, 0.2) is 17.5 Å². The second-order valence-corrected chi connectivity index (χ2v) is 7.20. The Labute approximate surface area is 205 Å². The van der Waals surface area contributed by atoms with E-state index in [9.17, 15) is 4.79 Å². The van der Waals surface area contributed by atoms with Gasteiger partial charge in [0.05, 0.1) is 13.2 Å². The molecule has 0 saturated heterocycles. The van der Waals surface area contributed by atoms with Gasteiger partial charge in [-0.15, -0.1) is 24.0 Å². The van der Waals surface area contributed by atoms with Gasteiger partial charge in [-0.1, -0.05) is 23.7 Å². The maximum Gasteiger partial charge on any atom is 0.241 e. The molecule has 0 atom stereocenters. The zero-order chi connectivity index (χ0) is 21.2. The van der Waals surface area contributed by atoms with E-state index in [-0.39, 0.29) is 36.4 Å². The number of anilines is 1. The molecule has 1 aliphatic rings. The molecule has 2 aromatic carbocycles. The summed E-state index contributed by atoms with van der Waals surface area (Å²) in [4.78, 5) is 16.2. The van der Waals surface area contributed by atoms with Crippen LogP contribution in [0.2, 0.25) is 5.02 Å². The van der Waals surface area contributed by atoms with E-state index >= 15 is 0 Å². The molecule has 1 amide bonds. The molecule has 31 heavy (non-hydrogen) atoms. The van der Waals surface area contributed by atoms with Gasteiger partial charge in [0.2, 0.25) is 5.91 Å². The average Bonchev–Trinajstić information content (AvgIpc) is 2.97. The van der Waals surface area contributed by atoms with Gasteiger partial charge in [-0.2, -0.15) is 0 Å². The van der Waals surface area contributed by atoms with E-state index in [1.807, 2.05) is 49.4 Å². The van der Waals surface area contributed by atoms with E-state index < -0.39 is 0 Å². The van der Waals surface area contributed by atoms with Gasteiger partial charge < -0.3 is 25.4 Å². The summed E-state index contributed by atoms with van der Waals surface area (Å²) < 4.78 is 11.4. The van der Waals surface area contributed by atoms with Gasteiger partial charge in [-0.3, -0.25) is 4.79 Å². The highest BCUT2D eigenvalue weighted by Gasteiger charge is 2.12. The van der Waals surface area contributed by atoms with Gasteiger partial charge in [-0.05, 0) is 43.2 Å². The normalized spacial score (nSPS) is 12.9. The molecular formula is C22H28ClIN4O3. The summed E-state index contributed by atoms with van der Waals surface area (Å²) in [5.74, 6) is 1.80. The highest BCUT2D eigenvalue weighted by atomic mass is 127. The van der Waals surface area contributed by atoms with Crippen LogP contribution in [0.15, 0.2) is 47.5 Å². The Balaban J connectivity index is 0.00000341. The average molecular weight is 559 g/mol. The van der Waals surface area contributed by atoms with Gasteiger partial charge in [0.1, 0.15) is 6.54 Å². The van der Waals surface area contributed by atoms with Crippen LogP contribution < -0.4 is 25.4 Å². The highest BCUT2D eigenvalue weighted by molar-refractivity contribution is 14.0. The number of amides is 1. The molecule has 0 radical (unpaired) electrons.